The number of rotatable bonds is 4. The summed E-state index contributed by atoms with van der Waals surface area (Å²) in [6, 6.07) is 2.00. The van der Waals surface area contributed by atoms with Crippen molar-refractivity contribution in [3.8, 4) is 0 Å². The number of anilines is 1. The van der Waals surface area contributed by atoms with Crippen LogP contribution in [0.5, 0.6) is 0 Å². The van der Waals surface area contributed by atoms with Crippen molar-refractivity contribution >= 4 is 23.2 Å². The van der Waals surface area contributed by atoms with E-state index < -0.39 is 11.6 Å². The average Bonchev–Trinajstić information content (AvgIpc) is 2.84. The van der Waals surface area contributed by atoms with Crippen LogP contribution in [-0.2, 0) is 4.79 Å². The van der Waals surface area contributed by atoms with E-state index in [2.05, 4.69) is 10.6 Å². The van der Waals surface area contributed by atoms with Crippen molar-refractivity contribution in [3.63, 3.8) is 0 Å². The lowest BCUT2D eigenvalue weighted by Crippen LogP contribution is -2.34. The third-order valence-electron chi connectivity index (χ3n) is 3.18. The summed E-state index contributed by atoms with van der Waals surface area (Å²) in [5.41, 5.74) is -0.179. The second kappa shape index (κ2) is 6.30. The van der Waals surface area contributed by atoms with Crippen LogP contribution in [0.1, 0.15) is 25.7 Å². The molecule has 0 heterocycles. The third kappa shape index (κ3) is 3.88. The van der Waals surface area contributed by atoms with Gasteiger partial charge in [-0.3, -0.25) is 4.79 Å². The number of hydrogen-bond acceptors (Lipinski definition) is 2. The number of hydrogen-bond donors (Lipinski definition) is 2. The van der Waals surface area contributed by atoms with E-state index >= 15 is 0 Å². The molecule has 2 rings (SSSR count). The van der Waals surface area contributed by atoms with Crippen molar-refractivity contribution in [1.82, 2.24) is 5.32 Å². The van der Waals surface area contributed by atoms with E-state index in [-0.39, 0.29) is 23.2 Å². The zero-order valence-electron chi connectivity index (χ0n) is 10.3. The van der Waals surface area contributed by atoms with Crippen molar-refractivity contribution < 1.29 is 13.6 Å². The van der Waals surface area contributed by atoms with Gasteiger partial charge in [-0.05, 0) is 18.9 Å². The number of benzene rings is 1. The van der Waals surface area contributed by atoms with Gasteiger partial charge in [0.1, 0.15) is 5.82 Å². The molecule has 19 heavy (non-hydrogen) atoms. The van der Waals surface area contributed by atoms with Crippen LogP contribution in [0.2, 0.25) is 5.02 Å². The van der Waals surface area contributed by atoms with E-state index in [0.717, 1.165) is 31.7 Å². The minimum atomic E-state index is -0.876. The first-order chi connectivity index (χ1) is 9.06. The van der Waals surface area contributed by atoms with Crippen LogP contribution in [0.25, 0.3) is 0 Å². The molecular formula is C13H15ClF2N2O. The molecule has 0 atom stereocenters. The Morgan fingerprint density at radius 1 is 1.32 bits per heavy atom. The normalized spacial score (nSPS) is 15.7. The predicted molar refractivity (Wildman–Crippen MR) is 70.3 cm³/mol. The Labute approximate surface area is 115 Å². The number of carbonyl (C=O) groups is 1. The van der Waals surface area contributed by atoms with Gasteiger partial charge in [0.25, 0.3) is 0 Å². The molecule has 0 aromatic heterocycles. The van der Waals surface area contributed by atoms with Crippen LogP contribution >= 0.6 is 11.6 Å². The van der Waals surface area contributed by atoms with Gasteiger partial charge in [0.05, 0.1) is 17.3 Å². The fourth-order valence-electron chi connectivity index (χ4n) is 2.21. The third-order valence-corrected chi connectivity index (χ3v) is 3.48. The Bertz CT molecular complexity index is 453. The van der Waals surface area contributed by atoms with Gasteiger partial charge in [0.15, 0.2) is 5.82 Å². The van der Waals surface area contributed by atoms with Crippen molar-refractivity contribution in [2.24, 2.45) is 0 Å². The predicted octanol–water partition coefficient (Wildman–Crippen LogP) is 3.09. The molecule has 1 aliphatic rings. The maximum absolute atomic E-state index is 13.5. The molecule has 0 aliphatic heterocycles. The molecule has 104 valence electrons. The minimum Gasteiger partial charge on any atom is -0.321 e. The van der Waals surface area contributed by atoms with E-state index in [1.807, 2.05) is 0 Å². The van der Waals surface area contributed by atoms with Crippen LogP contribution in [0.15, 0.2) is 12.1 Å². The fourth-order valence-corrected chi connectivity index (χ4v) is 2.45. The lowest BCUT2D eigenvalue weighted by atomic mass is 10.2. The summed E-state index contributed by atoms with van der Waals surface area (Å²) in [6.07, 6.45) is 4.44. The van der Waals surface area contributed by atoms with Crippen LogP contribution in [0.3, 0.4) is 0 Å². The fraction of sp³-hybridized carbons (Fsp3) is 0.462. The first kappa shape index (κ1) is 14.2. The van der Waals surface area contributed by atoms with Crippen LogP contribution in [-0.4, -0.2) is 18.5 Å². The molecule has 0 unspecified atom stereocenters. The topological polar surface area (TPSA) is 41.1 Å². The first-order valence-corrected chi connectivity index (χ1v) is 6.62. The smallest absolute Gasteiger partial charge is 0.238 e. The Kier molecular flexibility index (Phi) is 4.71. The van der Waals surface area contributed by atoms with Crippen LogP contribution in [0.4, 0.5) is 14.5 Å². The average molecular weight is 289 g/mol. The number of halogens is 3. The second-order valence-corrected chi connectivity index (χ2v) is 5.06. The van der Waals surface area contributed by atoms with Gasteiger partial charge in [-0.15, -0.1) is 0 Å². The highest BCUT2D eigenvalue weighted by Crippen LogP contribution is 2.26. The second-order valence-electron chi connectivity index (χ2n) is 4.65. The zero-order valence-corrected chi connectivity index (χ0v) is 11.1. The Balaban J connectivity index is 1.91. The summed E-state index contributed by atoms with van der Waals surface area (Å²) in [5, 5.41) is 5.31. The van der Waals surface area contributed by atoms with Crippen molar-refractivity contribution in [2.75, 3.05) is 11.9 Å². The highest BCUT2D eigenvalue weighted by Gasteiger charge is 2.17. The van der Waals surface area contributed by atoms with E-state index in [9.17, 15) is 13.6 Å². The quantitative estimate of drug-likeness (QED) is 0.894. The van der Waals surface area contributed by atoms with Gasteiger partial charge in [-0.1, -0.05) is 24.4 Å². The van der Waals surface area contributed by atoms with Gasteiger partial charge in [-0.25, -0.2) is 8.78 Å². The largest absolute Gasteiger partial charge is 0.321 e. The molecule has 1 saturated carbocycles. The molecule has 0 bridgehead atoms. The monoisotopic (exact) mass is 288 g/mol. The summed E-state index contributed by atoms with van der Waals surface area (Å²) in [7, 11) is 0. The summed E-state index contributed by atoms with van der Waals surface area (Å²) in [4.78, 5) is 11.7. The summed E-state index contributed by atoms with van der Waals surface area (Å²) in [5.74, 6) is -2.04. The lowest BCUT2D eigenvalue weighted by molar-refractivity contribution is -0.115. The van der Waals surface area contributed by atoms with E-state index in [0.29, 0.717) is 12.1 Å². The summed E-state index contributed by atoms with van der Waals surface area (Å²) in [6.45, 7) is 0.0951. The Morgan fingerprint density at radius 3 is 2.63 bits per heavy atom. The molecule has 0 saturated heterocycles. The van der Waals surface area contributed by atoms with Crippen LogP contribution in [0, 0.1) is 11.6 Å². The first-order valence-electron chi connectivity index (χ1n) is 6.24. The molecule has 1 amide bonds. The molecule has 1 aliphatic carbocycles. The number of carbonyl (C=O) groups excluding carboxylic acids is 1. The van der Waals surface area contributed by atoms with E-state index in [1.54, 1.807) is 0 Å². The maximum Gasteiger partial charge on any atom is 0.238 e. The van der Waals surface area contributed by atoms with Gasteiger partial charge in [-0.2, -0.15) is 0 Å². The standard InChI is InChI=1S/C13H15ClF2N2O/c14-10-5-8(15)6-11(16)13(10)18-12(19)7-17-9-3-1-2-4-9/h5-6,9,17H,1-4,7H2,(H,18,19). The van der Waals surface area contributed by atoms with Crippen molar-refractivity contribution in [3.05, 3.63) is 28.8 Å². The Morgan fingerprint density at radius 2 is 2.00 bits per heavy atom. The van der Waals surface area contributed by atoms with Crippen molar-refractivity contribution in [2.45, 2.75) is 31.7 Å². The molecule has 2 N–H and O–H groups in total. The Hall–Kier alpha value is -1.20. The summed E-state index contributed by atoms with van der Waals surface area (Å²) < 4.78 is 26.3. The molecule has 0 spiro atoms. The molecule has 1 fully saturated rings. The maximum atomic E-state index is 13.5. The number of amides is 1. The van der Waals surface area contributed by atoms with Crippen LogP contribution < -0.4 is 10.6 Å². The SMILES string of the molecule is O=C(CNC1CCCC1)Nc1c(F)cc(F)cc1Cl. The van der Waals surface area contributed by atoms with Gasteiger partial charge in [0.2, 0.25) is 5.91 Å². The van der Waals surface area contributed by atoms with Crippen molar-refractivity contribution in [1.29, 1.82) is 0 Å². The molecule has 6 heteroatoms. The molecular weight excluding hydrogens is 274 g/mol. The number of nitrogens with one attached hydrogen (secondary N) is 2. The summed E-state index contributed by atoms with van der Waals surface area (Å²) >= 11 is 5.69. The van der Waals surface area contributed by atoms with E-state index in [1.165, 1.54) is 0 Å². The van der Waals surface area contributed by atoms with Gasteiger partial charge in [0, 0.05) is 12.1 Å². The zero-order chi connectivity index (χ0) is 13.8. The highest BCUT2D eigenvalue weighted by atomic mass is 35.5. The van der Waals surface area contributed by atoms with Gasteiger partial charge < -0.3 is 10.6 Å². The minimum absolute atomic E-state index is 0.0951. The lowest BCUT2D eigenvalue weighted by Gasteiger charge is -2.12. The molecule has 1 aromatic carbocycles. The molecule has 3 nitrogen and oxygen atoms in total. The van der Waals surface area contributed by atoms with E-state index in [4.69, 9.17) is 11.6 Å². The van der Waals surface area contributed by atoms with Gasteiger partial charge >= 0.3 is 0 Å². The molecule has 0 radical (unpaired) electrons. The highest BCUT2D eigenvalue weighted by molar-refractivity contribution is 6.33. The molecule has 1 aromatic rings.